The van der Waals surface area contributed by atoms with Gasteiger partial charge in [0.25, 0.3) is 0 Å². The molecule has 0 spiro atoms. The van der Waals surface area contributed by atoms with Crippen LogP contribution in [0.3, 0.4) is 0 Å². The van der Waals surface area contributed by atoms with Crippen LogP contribution < -0.4 is 0 Å². The molecule has 2 nitrogen and oxygen atoms in total. The van der Waals surface area contributed by atoms with Gasteiger partial charge in [-0.25, -0.2) is 0 Å². The summed E-state index contributed by atoms with van der Waals surface area (Å²) in [5.41, 5.74) is 2.91. The van der Waals surface area contributed by atoms with E-state index < -0.39 is 0 Å². The molecule has 0 aliphatic carbocycles. The standard InChI is InChI=1S/C12H10ClNO/c1-8-2-9(4-11(13)3-8)10-5-12(15)7-14-6-10/h2-7,15H,1H3. The van der Waals surface area contributed by atoms with E-state index in [-0.39, 0.29) is 5.75 Å². The molecule has 0 aliphatic rings. The van der Waals surface area contributed by atoms with Crippen LogP contribution in [0, 0.1) is 6.92 Å². The Morgan fingerprint density at radius 2 is 1.87 bits per heavy atom. The van der Waals surface area contributed by atoms with Crippen LogP contribution in [-0.4, -0.2) is 10.1 Å². The molecular weight excluding hydrogens is 210 g/mol. The van der Waals surface area contributed by atoms with Gasteiger partial charge in [0.1, 0.15) is 5.75 Å². The zero-order valence-electron chi connectivity index (χ0n) is 8.24. The maximum Gasteiger partial charge on any atom is 0.134 e. The summed E-state index contributed by atoms with van der Waals surface area (Å²) in [7, 11) is 0. The van der Waals surface area contributed by atoms with Crippen molar-refractivity contribution in [3.63, 3.8) is 0 Å². The van der Waals surface area contributed by atoms with Crippen molar-refractivity contribution in [3.05, 3.63) is 47.2 Å². The number of aryl methyl sites for hydroxylation is 1. The van der Waals surface area contributed by atoms with Gasteiger partial charge in [-0.1, -0.05) is 17.7 Å². The number of aromatic hydroxyl groups is 1. The maximum atomic E-state index is 9.32. The van der Waals surface area contributed by atoms with E-state index in [0.717, 1.165) is 16.7 Å². The van der Waals surface area contributed by atoms with Crippen LogP contribution in [0.4, 0.5) is 0 Å². The molecule has 76 valence electrons. The molecule has 1 aromatic carbocycles. The van der Waals surface area contributed by atoms with Crippen molar-refractivity contribution in [2.75, 3.05) is 0 Å². The van der Waals surface area contributed by atoms with Crippen LogP contribution in [0.5, 0.6) is 5.75 Å². The molecule has 1 aromatic heterocycles. The summed E-state index contributed by atoms with van der Waals surface area (Å²) in [6.45, 7) is 1.98. The van der Waals surface area contributed by atoms with Crippen LogP contribution in [0.15, 0.2) is 36.7 Å². The molecule has 0 atom stereocenters. The maximum absolute atomic E-state index is 9.32. The number of benzene rings is 1. The normalized spacial score (nSPS) is 10.3. The smallest absolute Gasteiger partial charge is 0.134 e. The van der Waals surface area contributed by atoms with Crippen LogP contribution in [0.2, 0.25) is 5.02 Å². The van der Waals surface area contributed by atoms with E-state index in [1.807, 2.05) is 25.1 Å². The fraction of sp³-hybridized carbons (Fsp3) is 0.0833. The largest absolute Gasteiger partial charge is 0.506 e. The quantitative estimate of drug-likeness (QED) is 0.797. The van der Waals surface area contributed by atoms with E-state index in [2.05, 4.69) is 4.98 Å². The van der Waals surface area contributed by atoms with Gasteiger partial charge in [0.2, 0.25) is 0 Å². The summed E-state index contributed by atoms with van der Waals surface area (Å²) >= 11 is 5.96. The predicted molar refractivity (Wildman–Crippen MR) is 61.1 cm³/mol. The summed E-state index contributed by atoms with van der Waals surface area (Å²) in [6.07, 6.45) is 3.10. The van der Waals surface area contributed by atoms with Gasteiger partial charge in [-0.05, 0) is 36.2 Å². The van der Waals surface area contributed by atoms with E-state index in [1.54, 1.807) is 12.3 Å². The van der Waals surface area contributed by atoms with E-state index in [1.165, 1.54) is 6.20 Å². The summed E-state index contributed by atoms with van der Waals surface area (Å²) in [5, 5.41) is 10.0. The number of rotatable bonds is 1. The Kier molecular flexibility index (Phi) is 2.60. The minimum Gasteiger partial charge on any atom is -0.506 e. The Morgan fingerprint density at radius 3 is 2.53 bits per heavy atom. The molecule has 0 saturated carbocycles. The second-order valence-electron chi connectivity index (χ2n) is 3.45. The van der Waals surface area contributed by atoms with Crippen LogP contribution in [0.25, 0.3) is 11.1 Å². The lowest BCUT2D eigenvalue weighted by molar-refractivity contribution is 0.473. The van der Waals surface area contributed by atoms with E-state index in [9.17, 15) is 5.11 Å². The highest BCUT2D eigenvalue weighted by Crippen LogP contribution is 2.25. The molecule has 2 rings (SSSR count). The van der Waals surface area contributed by atoms with Crippen molar-refractivity contribution in [2.45, 2.75) is 6.92 Å². The fourth-order valence-corrected chi connectivity index (χ4v) is 1.78. The number of hydrogen-bond acceptors (Lipinski definition) is 2. The summed E-state index contributed by atoms with van der Waals surface area (Å²) in [5.74, 6) is 0.158. The van der Waals surface area contributed by atoms with Gasteiger partial charge in [-0.2, -0.15) is 0 Å². The minimum absolute atomic E-state index is 0.158. The first-order chi connectivity index (χ1) is 7.15. The van der Waals surface area contributed by atoms with Crippen LogP contribution >= 0.6 is 11.6 Å². The summed E-state index contributed by atoms with van der Waals surface area (Å²) < 4.78 is 0. The average Bonchev–Trinajstić information content (AvgIpc) is 2.16. The number of halogens is 1. The second-order valence-corrected chi connectivity index (χ2v) is 3.89. The lowest BCUT2D eigenvalue weighted by atomic mass is 10.1. The van der Waals surface area contributed by atoms with Gasteiger partial charge < -0.3 is 5.11 Å². The highest BCUT2D eigenvalue weighted by Gasteiger charge is 2.01. The van der Waals surface area contributed by atoms with E-state index in [4.69, 9.17) is 11.6 Å². The van der Waals surface area contributed by atoms with E-state index in [0.29, 0.717) is 5.02 Å². The van der Waals surface area contributed by atoms with Crippen molar-refractivity contribution >= 4 is 11.6 Å². The van der Waals surface area contributed by atoms with Gasteiger partial charge in [-0.3, -0.25) is 4.98 Å². The fourth-order valence-electron chi connectivity index (χ4n) is 1.49. The summed E-state index contributed by atoms with van der Waals surface area (Å²) in [4.78, 5) is 3.93. The lowest BCUT2D eigenvalue weighted by Crippen LogP contribution is -1.82. The molecule has 0 bridgehead atoms. The summed E-state index contributed by atoms with van der Waals surface area (Å²) in [6, 6.07) is 7.41. The highest BCUT2D eigenvalue weighted by atomic mass is 35.5. The zero-order valence-corrected chi connectivity index (χ0v) is 8.99. The van der Waals surface area contributed by atoms with Crippen LogP contribution in [-0.2, 0) is 0 Å². The zero-order chi connectivity index (χ0) is 10.8. The van der Waals surface area contributed by atoms with Crippen molar-refractivity contribution in [3.8, 4) is 16.9 Å². The lowest BCUT2D eigenvalue weighted by Gasteiger charge is -2.04. The Labute approximate surface area is 93.2 Å². The SMILES string of the molecule is Cc1cc(Cl)cc(-c2cncc(O)c2)c1. The van der Waals surface area contributed by atoms with Crippen molar-refractivity contribution in [2.24, 2.45) is 0 Å². The average molecular weight is 220 g/mol. The van der Waals surface area contributed by atoms with Crippen molar-refractivity contribution < 1.29 is 5.11 Å². The Bertz CT molecular complexity index is 476. The molecule has 0 radical (unpaired) electrons. The Hall–Kier alpha value is -1.54. The van der Waals surface area contributed by atoms with Gasteiger partial charge in [0.05, 0.1) is 6.20 Å². The van der Waals surface area contributed by atoms with Gasteiger partial charge in [0, 0.05) is 16.8 Å². The molecule has 15 heavy (non-hydrogen) atoms. The molecule has 3 heteroatoms. The Balaban J connectivity index is 2.54. The van der Waals surface area contributed by atoms with Crippen LogP contribution in [0.1, 0.15) is 5.56 Å². The number of nitrogens with zero attached hydrogens (tertiary/aromatic N) is 1. The van der Waals surface area contributed by atoms with Crippen molar-refractivity contribution in [1.29, 1.82) is 0 Å². The molecule has 0 fully saturated rings. The minimum atomic E-state index is 0.158. The first kappa shape index (κ1) is 9.99. The number of hydrogen-bond donors (Lipinski definition) is 1. The van der Waals surface area contributed by atoms with E-state index >= 15 is 0 Å². The molecule has 2 aromatic rings. The monoisotopic (exact) mass is 219 g/mol. The highest BCUT2D eigenvalue weighted by molar-refractivity contribution is 6.30. The first-order valence-electron chi connectivity index (χ1n) is 4.57. The molecule has 1 N–H and O–H groups in total. The second kappa shape index (κ2) is 3.91. The van der Waals surface area contributed by atoms with Gasteiger partial charge >= 0.3 is 0 Å². The topological polar surface area (TPSA) is 33.1 Å². The Morgan fingerprint density at radius 1 is 1.07 bits per heavy atom. The molecule has 1 heterocycles. The molecular formula is C12H10ClNO. The third kappa shape index (κ3) is 2.28. The van der Waals surface area contributed by atoms with Gasteiger partial charge in [-0.15, -0.1) is 0 Å². The number of pyridine rings is 1. The molecule has 0 amide bonds. The first-order valence-corrected chi connectivity index (χ1v) is 4.94. The number of aromatic nitrogens is 1. The third-order valence-electron chi connectivity index (χ3n) is 2.10. The van der Waals surface area contributed by atoms with Crippen molar-refractivity contribution in [1.82, 2.24) is 4.98 Å². The van der Waals surface area contributed by atoms with Gasteiger partial charge in [0.15, 0.2) is 0 Å². The third-order valence-corrected chi connectivity index (χ3v) is 2.32. The molecule has 0 saturated heterocycles. The predicted octanol–water partition coefficient (Wildman–Crippen LogP) is 3.42. The molecule has 0 aliphatic heterocycles. The molecule has 0 unspecified atom stereocenters.